The van der Waals surface area contributed by atoms with Crippen molar-refractivity contribution in [3.8, 4) is 10.7 Å². The maximum absolute atomic E-state index is 5.39. The number of rotatable bonds is 8. The molecule has 2 aromatic heterocycles. The van der Waals surface area contributed by atoms with Gasteiger partial charge in [-0.05, 0) is 36.8 Å². The zero-order valence-electron chi connectivity index (χ0n) is 12.4. The van der Waals surface area contributed by atoms with Gasteiger partial charge in [0.1, 0.15) is 0 Å². The molecule has 2 heterocycles. The highest BCUT2D eigenvalue weighted by atomic mass is 32.1. The normalized spacial score (nSPS) is 13.0. The van der Waals surface area contributed by atoms with E-state index in [1.54, 1.807) is 11.3 Å². The van der Waals surface area contributed by atoms with Gasteiger partial charge in [0, 0.05) is 12.5 Å². The first-order valence-corrected chi connectivity index (χ1v) is 8.16. The van der Waals surface area contributed by atoms with E-state index in [1.807, 2.05) is 17.5 Å². The van der Waals surface area contributed by atoms with Crippen molar-refractivity contribution in [1.82, 2.24) is 15.5 Å². The Balaban J connectivity index is 1.99. The first-order chi connectivity index (χ1) is 9.69. The van der Waals surface area contributed by atoms with Gasteiger partial charge in [-0.3, -0.25) is 0 Å². The SMILES string of the molecule is CCCNC(Cc1nc(-c2cccs2)no1)CC(C)C. The molecule has 0 aromatic carbocycles. The molecular weight excluding hydrogens is 270 g/mol. The van der Waals surface area contributed by atoms with Crippen LogP contribution in [0.3, 0.4) is 0 Å². The zero-order chi connectivity index (χ0) is 14.4. The van der Waals surface area contributed by atoms with Gasteiger partial charge in [0.15, 0.2) is 0 Å². The Hall–Kier alpha value is -1.20. The lowest BCUT2D eigenvalue weighted by Crippen LogP contribution is -2.33. The number of hydrogen-bond acceptors (Lipinski definition) is 5. The molecule has 110 valence electrons. The molecule has 0 amide bonds. The monoisotopic (exact) mass is 293 g/mol. The predicted octanol–water partition coefficient (Wildman–Crippen LogP) is 3.75. The molecule has 2 rings (SSSR count). The first-order valence-electron chi connectivity index (χ1n) is 7.29. The van der Waals surface area contributed by atoms with Crippen molar-refractivity contribution in [2.45, 2.75) is 46.1 Å². The van der Waals surface area contributed by atoms with E-state index in [0.717, 1.165) is 36.6 Å². The molecule has 0 aliphatic rings. The Morgan fingerprint density at radius 3 is 2.90 bits per heavy atom. The second-order valence-corrected chi connectivity index (χ2v) is 6.42. The van der Waals surface area contributed by atoms with Crippen molar-refractivity contribution in [3.05, 3.63) is 23.4 Å². The van der Waals surface area contributed by atoms with E-state index >= 15 is 0 Å². The smallest absolute Gasteiger partial charge is 0.228 e. The second kappa shape index (κ2) is 7.55. The summed E-state index contributed by atoms with van der Waals surface area (Å²) in [7, 11) is 0. The molecule has 0 spiro atoms. The number of nitrogens with one attached hydrogen (secondary N) is 1. The summed E-state index contributed by atoms with van der Waals surface area (Å²) in [5, 5.41) is 9.66. The van der Waals surface area contributed by atoms with Crippen LogP contribution in [-0.4, -0.2) is 22.7 Å². The van der Waals surface area contributed by atoms with E-state index < -0.39 is 0 Å². The highest BCUT2D eigenvalue weighted by molar-refractivity contribution is 7.13. The fourth-order valence-electron chi connectivity index (χ4n) is 2.21. The van der Waals surface area contributed by atoms with E-state index in [2.05, 4.69) is 36.2 Å². The Labute approximate surface area is 124 Å². The van der Waals surface area contributed by atoms with Crippen molar-refractivity contribution in [2.24, 2.45) is 5.92 Å². The van der Waals surface area contributed by atoms with E-state index in [9.17, 15) is 0 Å². The van der Waals surface area contributed by atoms with Crippen LogP contribution in [0, 0.1) is 5.92 Å². The standard InChI is InChI=1S/C15H23N3OS/c1-4-7-16-12(9-11(2)3)10-14-17-15(18-19-14)13-6-5-8-20-13/h5-6,8,11-12,16H,4,7,9-10H2,1-3H3. The van der Waals surface area contributed by atoms with Gasteiger partial charge in [-0.2, -0.15) is 4.98 Å². The fourth-order valence-corrected chi connectivity index (χ4v) is 2.86. The molecule has 0 radical (unpaired) electrons. The summed E-state index contributed by atoms with van der Waals surface area (Å²) in [6.45, 7) is 7.70. The second-order valence-electron chi connectivity index (χ2n) is 5.47. The van der Waals surface area contributed by atoms with Crippen molar-refractivity contribution >= 4 is 11.3 Å². The van der Waals surface area contributed by atoms with Crippen LogP contribution >= 0.6 is 11.3 Å². The van der Waals surface area contributed by atoms with Gasteiger partial charge >= 0.3 is 0 Å². The van der Waals surface area contributed by atoms with Crippen LogP contribution in [0.5, 0.6) is 0 Å². The zero-order valence-corrected chi connectivity index (χ0v) is 13.2. The van der Waals surface area contributed by atoms with Crippen molar-refractivity contribution in [3.63, 3.8) is 0 Å². The molecule has 0 bridgehead atoms. The molecule has 0 saturated carbocycles. The van der Waals surface area contributed by atoms with Crippen molar-refractivity contribution in [2.75, 3.05) is 6.54 Å². The number of nitrogens with zero attached hydrogens (tertiary/aromatic N) is 2. The Bertz CT molecular complexity index is 493. The van der Waals surface area contributed by atoms with Gasteiger partial charge in [-0.1, -0.05) is 32.0 Å². The average molecular weight is 293 g/mol. The van der Waals surface area contributed by atoms with Crippen LogP contribution in [-0.2, 0) is 6.42 Å². The van der Waals surface area contributed by atoms with Crippen LogP contribution in [0.2, 0.25) is 0 Å². The van der Waals surface area contributed by atoms with E-state index in [1.165, 1.54) is 0 Å². The fraction of sp³-hybridized carbons (Fsp3) is 0.600. The Kier molecular flexibility index (Phi) is 5.73. The topological polar surface area (TPSA) is 51.0 Å². The van der Waals surface area contributed by atoms with Crippen LogP contribution in [0.1, 0.15) is 39.5 Å². The highest BCUT2D eigenvalue weighted by Crippen LogP contribution is 2.22. The molecule has 0 aliphatic carbocycles. The van der Waals surface area contributed by atoms with E-state index in [0.29, 0.717) is 17.8 Å². The molecule has 1 unspecified atom stereocenters. The minimum Gasteiger partial charge on any atom is -0.339 e. The summed E-state index contributed by atoms with van der Waals surface area (Å²) in [5.41, 5.74) is 0. The lowest BCUT2D eigenvalue weighted by Gasteiger charge is -2.18. The number of thiophene rings is 1. The average Bonchev–Trinajstić information content (AvgIpc) is 3.05. The maximum Gasteiger partial charge on any atom is 0.228 e. The Morgan fingerprint density at radius 2 is 2.25 bits per heavy atom. The molecule has 0 fully saturated rings. The van der Waals surface area contributed by atoms with Crippen LogP contribution in [0.4, 0.5) is 0 Å². The molecule has 0 saturated heterocycles. The van der Waals surface area contributed by atoms with E-state index in [4.69, 9.17) is 4.52 Å². The molecular formula is C15H23N3OS. The number of aromatic nitrogens is 2. The third kappa shape index (κ3) is 4.42. The summed E-state index contributed by atoms with van der Waals surface area (Å²) in [6, 6.07) is 4.42. The summed E-state index contributed by atoms with van der Waals surface area (Å²) in [5.74, 6) is 2.08. The van der Waals surface area contributed by atoms with Crippen molar-refractivity contribution in [1.29, 1.82) is 0 Å². The largest absolute Gasteiger partial charge is 0.339 e. The van der Waals surface area contributed by atoms with Gasteiger partial charge in [0.05, 0.1) is 4.88 Å². The summed E-state index contributed by atoms with van der Waals surface area (Å²) in [6.07, 6.45) is 3.06. The molecule has 20 heavy (non-hydrogen) atoms. The van der Waals surface area contributed by atoms with Gasteiger partial charge in [0.25, 0.3) is 0 Å². The molecule has 0 aliphatic heterocycles. The number of hydrogen-bond donors (Lipinski definition) is 1. The molecule has 1 N–H and O–H groups in total. The van der Waals surface area contributed by atoms with Gasteiger partial charge in [0.2, 0.25) is 11.7 Å². The highest BCUT2D eigenvalue weighted by Gasteiger charge is 2.16. The van der Waals surface area contributed by atoms with Crippen LogP contribution in [0.15, 0.2) is 22.0 Å². The quantitative estimate of drug-likeness (QED) is 0.805. The van der Waals surface area contributed by atoms with Crippen molar-refractivity contribution < 1.29 is 4.52 Å². The maximum atomic E-state index is 5.39. The minimum absolute atomic E-state index is 0.409. The predicted molar refractivity (Wildman–Crippen MR) is 82.9 cm³/mol. The first kappa shape index (κ1) is 15.2. The van der Waals surface area contributed by atoms with Gasteiger partial charge < -0.3 is 9.84 Å². The van der Waals surface area contributed by atoms with E-state index in [-0.39, 0.29) is 0 Å². The summed E-state index contributed by atoms with van der Waals surface area (Å²) in [4.78, 5) is 5.56. The van der Waals surface area contributed by atoms with Gasteiger partial charge in [-0.25, -0.2) is 0 Å². The Morgan fingerprint density at radius 1 is 1.40 bits per heavy atom. The molecule has 4 nitrogen and oxygen atoms in total. The summed E-state index contributed by atoms with van der Waals surface area (Å²) < 4.78 is 5.39. The molecule has 5 heteroatoms. The summed E-state index contributed by atoms with van der Waals surface area (Å²) >= 11 is 1.63. The third-order valence-corrected chi connectivity index (χ3v) is 3.94. The van der Waals surface area contributed by atoms with Crippen LogP contribution in [0.25, 0.3) is 10.7 Å². The van der Waals surface area contributed by atoms with Gasteiger partial charge in [-0.15, -0.1) is 11.3 Å². The minimum atomic E-state index is 0.409. The van der Waals surface area contributed by atoms with Crippen LogP contribution < -0.4 is 5.32 Å². The lowest BCUT2D eigenvalue weighted by molar-refractivity contribution is 0.338. The third-order valence-electron chi connectivity index (χ3n) is 3.07. The lowest BCUT2D eigenvalue weighted by atomic mass is 10.0. The molecule has 1 atom stereocenters. The molecule has 2 aromatic rings.